The molecule has 1 N–H and O–H groups in total. The number of hydrogen-bond donors (Lipinski definition) is 1. The van der Waals surface area contributed by atoms with Crippen molar-refractivity contribution in [3.8, 4) is 22.6 Å². The van der Waals surface area contributed by atoms with Crippen LogP contribution in [0.4, 0.5) is 18.9 Å². The highest BCUT2D eigenvalue weighted by molar-refractivity contribution is 7.92. The number of nitrogens with one attached hydrogen (secondary N) is 1. The fourth-order valence-electron chi connectivity index (χ4n) is 3.25. The van der Waals surface area contributed by atoms with Crippen LogP contribution in [0, 0.1) is 31.3 Å². The van der Waals surface area contributed by atoms with Crippen molar-refractivity contribution in [3.05, 3.63) is 89.6 Å². The van der Waals surface area contributed by atoms with E-state index in [4.69, 9.17) is 9.26 Å². The van der Waals surface area contributed by atoms with Gasteiger partial charge in [-0.15, -0.1) is 0 Å². The maximum absolute atomic E-state index is 14.2. The Labute approximate surface area is 187 Å². The minimum absolute atomic E-state index is 0.128. The molecule has 0 radical (unpaired) electrons. The molecule has 170 valence electrons. The number of hydrogen-bond acceptors (Lipinski definition) is 5. The van der Waals surface area contributed by atoms with Gasteiger partial charge in [0.2, 0.25) is 0 Å². The van der Waals surface area contributed by atoms with Crippen molar-refractivity contribution in [3.63, 3.8) is 0 Å². The van der Waals surface area contributed by atoms with Gasteiger partial charge in [0.25, 0.3) is 10.0 Å². The molecule has 0 aliphatic heterocycles. The summed E-state index contributed by atoms with van der Waals surface area (Å²) in [7, 11) is -4.02. The molecule has 0 spiro atoms. The van der Waals surface area contributed by atoms with Crippen LogP contribution >= 0.6 is 0 Å². The third kappa shape index (κ3) is 4.70. The van der Waals surface area contributed by atoms with Crippen LogP contribution in [-0.2, 0) is 10.0 Å². The van der Waals surface area contributed by atoms with Gasteiger partial charge in [0, 0.05) is 17.3 Å². The second kappa shape index (κ2) is 8.62. The van der Waals surface area contributed by atoms with E-state index in [0.29, 0.717) is 28.6 Å². The fourth-order valence-corrected chi connectivity index (χ4v) is 4.30. The van der Waals surface area contributed by atoms with Crippen molar-refractivity contribution in [2.24, 2.45) is 0 Å². The van der Waals surface area contributed by atoms with Crippen molar-refractivity contribution in [2.45, 2.75) is 18.7 Å². The Morgan fingerprint density at radius 3 is 2.18 bits per heavy atom. The molecular formula is C23H17F3N2O4S. The molecular weight excluding hydrogens is 457 g/mol. The lowest BCUT2D eigenvalue weighted by Crippen LogP contribution is -2.13. The molecule has 0 aliphatic rings. The average Bonchev–Trinajstić information content (AvgIpc) is 3.09. The Morgan fingerprint density at radius 1 is 0.879 bits per heavy atom. The van der Waals surface area contributed by atoms with Crippen molar-refractivity contribution in [2.75, 3.05) is 4.72 Å². The number of aryl methyl sites for hydroxylation is 2. The predicted molar refractivity (Wildman–Crippen MR) is 115 cm³/mol. The minimum Gasteiger partial charge on any atom is -0.454 e. The molecule has 10 heteroatoms. The van der Waals surface area contributed by atoms with Gasteiger partial charge in [-0.3, -0.25) is 4.72 Å². The first-order chi connectivity index (χ1) is 15.6. The SMILES string of the molecule is Cc1noc(C)c1-c1cc(NS(=O)(=O)c2ccc(F)cc2)ccc1Oc1ccc(F)cc1F. The van der Waals surface area contributed by atoms with Crippen LogP contribution in [0.2, 0.25) is 0 Å². The molecule has 4 rings (SSSR count). The average molecular weight is 474 g/mol. The van der Waals surface area contributed by atoms with Crippen molar-refractivity contribution in [1.29, 1.82) is 0 Å². The van der Waals surface area contributed by atoms with Crippen LogP contribution in [0.25, 0.3) is 11.1 Å². The number of anilines is 1. The smallest absolute Gasteiger partial charge is 0.261 e. The number of aromatic nitrogens is 1. The van der Waals surface area contributed by atoms with Gasteiger partial charge in [-0.05, 0) is 68.4 Å². The van der Waals surface area contributed by atoms with Crippen LogP contribution in [0.1, 0.15) is 11.5 Å². The van der Waals surface area contributed by atoms with Gasteiger partial charge >= 0.3 is 0 Å². The largest absolute Gasteiger partial charge is 0.454 e. The maximum atomic E-state index is 14.2. The van der Waals surface area contributed by atoms with E-state index in [1.54, 1.807) is 13.8 Å². The zero-order chi connectivity index (χ0) is 23.8. The quantitative estimate of drug-likeness (QED) is 0.372. The summed E-state index contributed by atoms with van der Waals surface area (Å²) in [5.74, 6) is -1.85. The van der Waals surface area contributed by atoms with Gasteiger partial charge in [0.15, 0.2) is 11.6 Å². The normalized spacial score (nSPS) is 11.4. The van der Waals surface area contributed by atoms with Gasteiger partial charge in [-0.25, -0.2) is 21.6 Å². The molecule has 1 aromatic heterocycles. The number of halogens is 3. The van der Waals surface area contributed by atoms with E-state index >= 15 is 0 Å². The molecule has 1 heterocycles. The molecule has 0 bridgehead atoms. The summed E-state index contributed by atoms with van der Waals surface area (Å²) < 4.78 is 79.4. The Balaban J connectivity index is 1.77. The molecule has 0 fully saturated rings. The van der Waals surface area contributed by atoms with Crippen LogP contribution < -0.4 is 9.46 Å². The molecule has 0 saturated carbocycles. The first kappa shape index (κ1) is 22.4. The molecule has 33 heavy (non-hydrogen) atoms. The summed E-state index contributed by atoms with van der Waals surface area (Å²) in [4.78, 5) is -0.128. The summed E-state index contributed by atoms with van der Waals surface area (Å²) in [6, 6.07) is 11.6. The summed E-state index contributed by atoms with van der Waals surface area (Å²) >= 11 is 0. The number of rotatable bonds is 6. The van der Waals surface area contributed by atoms with Crippen molar-refractivity contribution in [1.82, 2.24) is 5.16 Å². The lowest BCUT2D eigenvalue weighted by molar-refractivity contribution is 0.393. The third-order valence-electron chi connectivity index (χ3n) is 4.77. The lowest BCUT2D eigenvalue weighted by Gasteiger charge is -2.15. The summed E-state index contributed by atoms with van der Waals surface area (Å²) in [5.41, 5.74) is 1.56. The Kier molecular flexibility index (Phi) is 5.86. The minimum atomic E-state index is -4.02. The van der Waals surface area contributed by atoms with Gasteiger partial charge in [-0.1, -0.05) is 5.16 Å². The molecule has 0 atom stereocenters. The highest BCUT2D eigenvalue weighted by Crippen LogP contribution is 2.39. The molecule has 3 aromatic carbocycles. The van der Waals surface area contributed by atoms with Crippen LogP contribution in [-0.4, -0.2) is 13.6 Å². The molecule has 0 unspecified atom stereocenters. The monoisotopic (exact) mass is 474 g/mol. The first-order valence-corrected chi connectivity index (χ1v) is 11.1. The molecule has 0 saturated heterocycles. The number of sulfonamides is 1. The third-order valence-corrected chi connectivity index (χ3v) is 6.17. The Morgan fingerprint density at radius 2 is 1.55 bits per heavy atom. The topological polar surface area (TPSA) is 81.4 Å². The molecule has 4 aromatic rings. The zero-order valence-electron chi connectivity index (χ0n) is 17.4. The Bertz CT molecular complexity index is 1420. The van der Waals surface area contributed by atoms with Crippen LogP contribution in [0.15, 0.2) is 70.1 Å². The van der Waals surface area contributed by atoms with E-state index < -0.39 is 27.5 Å². The van der Waals surface area contributed by atoms with Gasteiger partial charge in [0.1, 0.15) is 23.1 Å². The molecule has 0 aliphatic carbocycles. The van der Waals surface area contributed by atoms with Crippen molar-refractivity contribution >= 4 is 15.7 Å². The van der Waals surface area contributed by atoms with Crippen LogP contribution in [0.5, 0.6) is 11.5 Å². The van der Waals surface area contributed by atoms with E-state index in [0.717, 1.165) is 36.4 Å². The second-order valence-electron chi connectivity index (χ2n) is 7.15. The first-order valence-electron chi connectivity index (χ1n) is 9.62. The lowest BCUT2D eigenvalue weighted by atomic mass is 10.0. The summed E-state index contributed by atoms with van der Waals surface area (Å²) in [5, 5.41) is 3.90. The molecule has 6 nitrogen and oxygen atoms in total. The van der Waals surface area contributed by atoms with Gasteiger partial charge < -0.3 is 9.26 Å². The predicted octanol–water partition coefficient (Wildman–Crippen LogP) is 5.97. The zero-order valence-corrected chi connectivity index (χ0v) is 18.2. The Hall–Kier alpha value is -3.79. The van der Waals surface area contributed by atoms with Gasteiger partial charge in [0.05, 0.1) is 16.2 Å². The summed E-state index contributed by atoms with van der Waals surface area (Å²) in [6.07, 6.45) is 0. The number of benzene rings is 3. The maximum Gasteiger partial charge on any atom is 0.261 e. The van der Waals surface area contributed by atoms with Crippen molar-refractivity contribution < 1.29 is 30.8 Å². The number of nitrogens with zero attached hydrogens (tertiary/aromatic N) is 1. The summed E-state index contributed by atoms with van der Waals surface area (Å²) in [6.45, 7) is 3.34. The van der Waals surface area contributed by atoms with E-state index in [1.807, 2.05) is 0 Å². The highest BCUT2D eigenvalue weighted by Gasteiger charge is 2.21. The van der Waals surface area contributed by atoms with E-state index in [-0.39, 0.29) is 22.1 Å². The van der Waals surface area contributed by atoms with Gasteiger partial charge in [-0.2, -0.15) is 0 Å². The van der Waals surface area contributed by atoms with E-state index in [2.05, 4.69) is 9.88 Å². The van der Waals surface area contributed by atoms with Crippen LogP contribution in [0.3, 0.4) is 0 Å². The second-order valence-corrected chi connectivity index (χ2v) is 8.83. The highest BCUT2D eigenvalue weighted by atomic mass is 32.2. The standard InChI is InChI=1S/C23H17F3N2O4S/c1-13-23(14(2)32-27-13)19-12-17(28-33(29,30)18-7-3-15(24)4-8-18)6-10-21(19)31-22-9-5-16(25)11-20(22)26/h3-12,28H,1-2H3. The molecule has 0 amide bonds. The number of ether oxygens (including phenoxy) is 1. The van der Waals surface area contributed by atoms with E-state index in [1.165, 1.54) is 18.2 Å². The van der Waals surface area contributed by atoms with E-state index in [9.17, 15) is 21.6 Å². The fraction of sp³-hybridized carbons (Fsp3) is 0.0870.